The molecule has 0 radical (unpaired) electrons. The quantitative estimate of drug-likeness (QED) is 0.670. The first-order valence-corrected chi connectivity index (χ1v) is 6.09. The van der Waals surface area contributed by atoms with E-state index in [1.165, 1.54) is 12.8 Å². The summed E-state index contributed by atoms with van der Waals surface area (Å²) in [7, 11) is 2.21. The molecule has 2 unspecified atom stereocenters. The largest absolute Gasteiger partial charge is 0.377 e. The standard InChI is InChI=1S/C11H23N3O/c1-14-5-4-12-7-10(14)8-13-9-11-3-2-6-15-11/h10-13H,2-9H2,1H3. The van der Waals surface area contributed by atoms with Gasteiger partial charge in [0.05, 0.1) is 6.10 Å². The Morgan fingerprint density at radius 2 is 2.40 bits per heavy atom. The Labute approximate surface area is 92.4 Å². The topological polar surface area (TPSA) is 36.5 Å². The van der Waals surface area contributed by atoms with Gasteiger partial charge in [0.2, 0.25) is 0 Å². The lowest BCUT2D eigenvalue weighted by atomic mass is 10.2. The number of ether oxygens (including phenoxy) is 1. The Morgan fingerprint density at radius 3 is 3.13 bits per heavy atom. The summed E-state index contributed by atoms with van der Waals surface area (Å²) in [6.45, 7) is 6.44. The van der Waals surface area contributed by atoms with Crippen LogP contribution in [-0.4, -0.2) is 63.4 Å². The molecule has 4 nitrogen and oxygen atoms in total. The van der Waals surface area contributed by atoms with Crippen LogP contribution in [0.4, 0.5) is 0 Å². The van der Waals surface area contributed by atoms with Crippen LogP contribution in [0.3, 0.4) is 0 Å². The summed E-state index contributed by atoms with van der Waals surface area (Å²) in [5.74, 6) is 0. The lowest BCUT2D eigenvalue weighted by molar-refractivity contribution is 0.106. The van der Waals surface area contributed by atoms with Gasteiger partial charge in [-0.15, -0.1) is 0 Å². The van der Waals surface area contributed by atoms with Gasteiger partial charge in [0.15, 0.2) is 0 Å². The number of piperazine rings is 1. The predicted octanol–water partition coefficient (Wildman–Crippen LogP) is -0.341. The van der Waals surface area contributed by atoms with E-state index < -0.39 is 0 Å². The molecular weight excluding hydrogens is 190 g/mol. The Bertz CT molecular complexity index is 183. The third kappa shape index (κ3) is 3.41. The average Bonchev–Trinajstić information content (AvgIpc) is 2.74. The minimum absolute atomic E-state index is 0.465. The Morgan fingerprint density at radius 1 is 1.47 bits per heavy atom. The van der Waals surface area contributed by atoms with Gasteiger partial charge in [-0.1, -0.05) is 0 Å². The third-order valence-corrected chi connectivity index (χ3v) is 3.42. The van der Waals surface area contributed by atoms with Crippen molar-refractivity contribution in [2.45, 2.75) is 25.0 Å². The van der Waals surface area contributed by atoms with Crippen LogP contribution in [0.15, 0.2) is 0 Å². The van der Waals surface area contributed by atoms with Gasteiger partial charge in [0.25, 0.3) is 0 Å². The highest BCUT2D eigenvalue weighted by Gasteiger charge is 2.19. The third-order valence-electron chi connectivity index (χ3n) is 3.42. The van der Waals surface area contributed by atoms with Crippen molar-refractivity contribution in [1.29, 1.82) is 0 Å². The maximum atomic E-state index is 5.58. The van der Waals surface area contributed by atoms with Crippen LogP contribution in [0.25, 0.3) is 0 Å². The van der Waals surface area contributed by atoms with E-state index in [0.29, 0.717) is 12.1 Å². The minimum atomic E-state index is 0.465. The highest BCUT2D eigenvalue weighted by Crippen LogP contribution is 2.10. The van der Waals surface area contributed by atoms with E-state index in [0.717, 1.165) is 39.3 Å². The summed E-state index contributed by atoms with van der Waals surface area (Å²) in [4.78, 5) is 2.43. The highest BCUT2D eigenvalue weighted by atomic mass is 16.5. The lowest BCUT2D eigenvalue weighted by Crippen LogP contribution is -2.53. The molecule has 2 atom stereocenters. The fourth-order valence-corrected chi connectivity index (χ4v) is 2.31. The van der Waals surface area contributed by atoms with E-state index in [1.54, 1.807) is 0 Å². The highest BCUT2D eigenvalue weighted by molar-refractivity contribution is 4.80. The lowest BCUT2D eigenvalue weighted by Gasteiger charge is -2.33. The van der Waals surface area contributed by atoms with E-state index in [9.17, 15) is 0 Å². The van der Waals surface area contributed by atoms with Crippen LogP contribution in [0.1, 0.15) is 12.8 Å². The SMILES string of the molecule is CN1CCNCC1CNCC1CCCO1. The van der Waals surface area contributed by atoms with Gasteiger partial charge in [-0.05, 0) is 19.9 Å². The molecule has 2 heterocycles. The van der Waals surface area contributed by atoms with Gasteiger partial charge in [-0.2, -0.15) is 0 Å². The first-order valence-electron chi connectivity index (χ1n) is 6.09. The molecule has 2 rings (SSSR count). The number of rotatable bonds is 4. The fraction of sp³-hybridized carbons (Fsp3) is 1.00. The second kappa shape index (κ2) is 5.80. The molecule has 0 aromatic rings. The van der Waals surface area contributed by atoms with Crippen molar-refractivity contribution in [3.8, 4) is 0 Å². The summed E-state index contributed by atoms with van der Waals surface area (Å²) < 4.78 is 5.58. The smallest absolute Gasteiger partial charge is 0.0700 e. The van der Waals surface area contributed by atoms with E-state index in [2.05, 4.69) is 22.6 Å². The van der Waals surface area contributed by atoms with E-state index in [1.807, 2.05) is 0 Å². The number of hydrogen-bond donors (Lipinski definition) is 2. The van der Waals surface area contributed by atoms with E-state index in [-0.39, 0.29) is 0 Å². The molecule has 2 saturated heterocycles. The molecule has 0 aromatic heterocycles. The van der Waals surface area contributed by atoms with Crippen LogP contribution in [0.2, 0.25) is 0 Å². The molecule has 15 heavy (non-hydrogen) atoms. The average molecular weight is 213 g/mol. The van der Waals surface area contributed by atoms with E-state index >= 15 is 0 Å². The molecule has 88 valence electrons. The molecule has 0 bridgehead atoms. The Kier molecular flexibility index (Phi) is 4.38. The van der Waals surface area contributed by atoms with Crippen molar-refractivity contribution in [3.05, 3.63) is 0 Å². The second-order valence-electron chi connectivity index (χ2n) is 4.63. The molecule has 4 heteroatoms. The van der Waals surface area contributed by atoms with Crippen molar-refractivity contribution in [3.63, 3.8) is 0 Å². The minimum Gasteiger partial charge on any atom is -0.377 e. The molecular formula is C11H23N3O. The van der Waals surface area contributed by atoms with Crippen LogP contribution >= 0.6 is 0 Å². The molecule has 2 fully saturated rings. The van der Waals surface area contributed by atoms with Crippen LogP contribution in [0.5, 0.6) is 0 Å². The normalized spacial score (nSPS) is 33.4. The van der Waals surface area contributed by atoms with Crippen molar-refractivity contribution < 1.29 is 4.74 Å². The van der Waals surface area contributed by atoms with Crippen LogP contribution < -0.4 is 10.6 Å². The van der Waals surface area contributed by atoms with Crippen LogP contribution in [0, 0.1) is 0 Å². The molecule has 2 aliphatic rings. The molecule has 0 aromatic carbocycles. The Balaban J connectivity index is 1.59. The molecule has 0 amide bonds. The molecule has 0 aliphatic carbocycles. The van der Waals surface area contributed by atoms with Gasteiger partial charge in [0.1, 0.15) is 0 Å². The maximum absolute atomic E-state index is 5.58. The van der Waals surface area contributed by atoms with Gasteiger partial charge in [-0.3, -0.25) is 4.90 Å². The number of nitrogens with one attached hydrogen (secondary N) is 2. The van der Waals surface area contributed by atoms with Crippen molar-refractivity contribution in [2.75, 3.05) is 46.4 Å². The summed E-state index contributed by atoms with van der Waals surface area (Å²) in [6, 6.07) is 0.639. The maximum Gasteiger partial charge on any atom is 0.0700 e. The first-order chi connectivity index (χ1) is 7.36. The van der Waals surface area contributed by atoms with Crippen LogP contribution in [-0.2, 0) is 4.74 Å². The zero-order valence-electron chi connectivity index (χ0n) is 9.67. The monoisotopic (exact) mass is 213 g/mol. The zero-order valence-corrected chi connectivity index (χ0v) is 9.67. The predicted molar refractivity (Wildman–Crippen MR) is 61.1 cm³/mol. The molecule has 2 N–H and O–H groups in total. The van der Waals surface area contributed by atoms with Crippen molar-refractivity contribution in [1.82, 2.24) is 15.5 Å². The molecule has 0 spiro atoms. The zero-order chi connectivity index (χ0) is 10.5. The summed E-state index contributed by atoms with van der Waals surface area (Å²) >= 11 is 0. The van der Waals surface area contributed by atoms with Crippen molar-refractivity contribution >= 4 is 0 Å². The fourth-order valence-electron chi connectivity index (χ4n) is 2.31. The number of nitrogens with zero attached hydrogens (tertiary/aromatic N) is 1. The summed E-state index contributed by atoms with van der Waals surface area (Å²) in [5, 5.41) is 6.95. The van der Waals surface area contributed by atoms with Crippen molar-refractivity contribution in [2.24, 2.45) is 0 Å². The van der Waals surface area contributed by atoms with E-state index in [4.69, 9.17) is 4.74 Å². The second-order valence-corrected chi connectivity index (χ2v) is 4.63. The van der Waals surface area contributed by atoms with Gasteiger partial charge >= 0.3 is 0 Å². The Hall–Kier alpha value is -0.160. The molecule has 0 saturated carbocycles. The van der Waals surface area contributed by atoms with Gasteiger partial charge in [-0.25, -0.2) is 0 Å². The number of hydrogen-bond acceptors (Lipinski definition) is 4. The summed E-state index contributed by atoms with van der Waals surface area (Å²) in [5.41, 5.74) is 0. The van der Waals surface area contributed by atoms with Gasteiger partial charge < -0.3 is 15.4 Å². The number of likely N-dealkylation sites (N-methyl/N-ethyl adjacent to an activating group) is 1. The molecule has 2 aliphatic heterocycles. The summed E-state index contributed by atoms with van der Waals surface area (Å²) in [6.07, 6.45) is 2.93. The first kappa shape index (κ1) is 11.3. The van der Waals surface area contributed by atoms with Gasteiger partial charge in [0, 0.05) is 45.4 Å².